The fourth-order valence-electron chi connectivity index (χ4n) is 2.76. The summed E-state index contributed by atoms with van der Waals surface area (Å²) in [6.45, 7) is 4.20. The number of carbonyl (C=O) groups excluding carboxylic acids is 1. The van der Waals surface area contributed by atoms with Crippen molar-refractivity contribution in [3.8, 4) is 0 Å². The molecular formula is C14H18N2O. The Balaban J connectivity index is 1.52. The summed E-state index contributed by atoms with van der Waals surface area (Å²) in [6, 6.07) is 8.61. The van der Waals surface area contributed by atoms with Crippen LogP contribution in [0, 0.1) is 18.8 Å². The second-order valence-corrected chi connectivity index (χ2v) is 5.24. The number of aryl methyl sites for hydroxylation is 1. The van der Waals surface area contributed by atoms with Gasteiger partial charge >= 0.3 is 0 Å². The van der Waals surface area contributed by atoms with Crippen molar-refractivity contribution in [3.05, 3.63) is 35.4 Å². The molecule has 3 nitrogen and oxygen atoms in total. The second kappa shape index (κ2) is 4.15. The Labute approximate surface area is 102 Å². The highest BCUT2D eigenvalue weighted by molar-refractivity contribution is 5.79. The maximum Gasteiger partial charge on any atom is 0.224 e. The van der Waals surface area contributed by atoms with Gasteiger partial charge in [0.25, 0.3) is 0 Å². The third-order valence-electron chi connectivity index (χ3n) is 3.90. The van der Waals surface area contributed by atoms with Crippen molar-refractivity contribution >= 4 is 5.91 Å². The Hall–Kier alpha value is -1.35. The minimum Gasteiger partial charge on any atom is -0.352 e. The molecule has 0 aromatic heterocycles. The average Bonchev–Trinajstić information content (AvgIpc) is 2.77. The van der Waals surface area contributed by atoms with Gasteiger partial charge in [-0.1, -0.05) is 29.8 Å². The number of rotatable bonds is 3. The van der Waals surface area contributed by atoms with Gasteiger partial charge in [-0.25, -0.2) is 0 Å². The van der Waals surface area contributed by atoms with Crippen molar-refractivity contribution in [3.63, 3.8) is 0 Å². The van der Waals surface area contributed by atoms with Gasteiger partial charge in [0.1, 0.15) is 0 Å². The fraction of sp³-hybridized carbons (Fsp3) is 0.500. The molecule has 1 aromatic rings. The summed E-state index contributed by atoms with van der Waals surface area (Å²) in [5.74, 6) is 1.54. The quantitative estimate of drug-likeness (QED) is 0.809. The molecule has 0 bridgehead atoms. The molecule has 1 aliphatic carbocycles. The Morgan fingerprint density at radius 1 is 1.29 bits per heavy atom. The highest BCUT2D eigenvalue weighted by Gasteiger charge is 2.53. The zero-order chi connectivity index (χ0) is 11.8. The largest absolute Gasteiger partial charge is 0.352 e. The van der Waals surface area contributed by atoms with E-state index in [9.17, 15) is 4.79 Å². The van der Waals surface area contributed by atoms with Gasteiger partial charge in [0, 0.05) is 19.1 Å². The molecule has 2 N–H and O–H groups in total. The second-order valence-electron chi connectivity index (χ2n) is 5.24. The number of hydrogen-bond acceptors (Lipinski definition) is 2. The van der Waals surface area contributed by atoms with E-state index in [1.807, 2.05) is 12.1 Å². The summed E-state index contributed by atoms with van der Waals surface area (Å²) in [7, 11) is 0. The molecule has 2 unspecified atom stereocenters. The Morgan fingerprint density at radius 3 is 2.59 bits per heavy atom. The summed E-state index contributed by atoms with van der Waals surface area (Å²) in [5.41, 5.74) is 2.33. The number of piperidine rings is 1. The molecule has 2 fully saturated rings. The SMILES string of the molecule is Cc1ccc(CC(=O)NC2C3CNCC32)cc1. The first kappa shape index (κ1) is 10.8. The summed E-state index contributed by atoms with van der Waals surface area (Å²) < 4.78 is 0. The van der Waals surface area contributed by atoms with Gasteiger partial charge in [-0.2, -0.15) is 0 Å². The van der Waals surface area contributed by atoms with Crippen molar-refractivity contribution in [2.24, 2.45) is 11.8 Å². The molecule has 3 heteroatoms. The first-order valence-corrected chi connectivity index (χ1v) is 6.29. The zero-order valence-corrected chi connectivity index (χ0v) is 10.1. The maximum atomic E-state index is 11.8. The van der Waals surface area contributed by atoms with E-state index in [4.69, 9.17) is 0 Å². The van der Waals surface area contributed by atoms with Crippen LogP contribution in [-0.2, 0) is 11.2 Å². The fourth-order valence-corrected chi connectivity index (χ4v) is 2.76. The van der Waals surface area contributed by atoms with E-state index in [1.165, 1.54) is 5.56 Å². The first-order chi connectivity index (χ1) is 8.24. The third-order valence-corrected chi connectivity index (χ3v) is 3.90. The molecule has 0 spiro atoms. The van der Waals surface area contributed by atoms with Crippen LogP contribution in [0.2, 0.25) is 0 Å². The molecule has 2 aliphatic rings. The number of fused-ring (bicyclic) bond motifs is 1. The van der Waals surface area contributed by atoms with Crippen LogP contribution in [0.25, 0.3) is 0 Å². The van der Waals surface area contributed by atoms with Crippen molar-refractivity contribution < 1.29 is 4.79 Å². The molecule has 1 saturated heterocycles. The lowest BCUT2D eigenvalue weighted by Crippen LogP contribution is -2.33. The van der Waals surface area contributed by atoms with E-state index >= 15 is 0 Å². The summed E-state index contributed by atoms with van der Waals surface area (Å²) in [4.78, 5) is 11.8. The van der Waals surface area contributed by atoms with Crippen LogP contribution < -0.4 is 10.6 Å². The normalized spacial score (nSPS) is 29.8. The summed E-state index contributed by atoms with van der Waals surface area (Å²) >= 11 is 0. The number of amides is 1. The van der Waals surface area contributed by atoms with Crippen LogP contribution >= 0.6 is 0 Å². The molecule has 3 rings (SSSR count). The number of nitrogens with one attached hydrogen (secondary N) is 2. The van der Waals surface area contributed by atoms with Crippen LogP contribution in [0.3, 0.4) is 0 Å². The van der Waals surface area contributed by atoms with Crippen molar-refractivity contribution in [1.29, 1.82) is 0 Å². The highest BCUT2D eigenvalue weighted by atomic mass is 16.1. The molecular weight excluding hydrogens is 212 g/mol. The van der Waals surface area contributed by atoms with Gasteiger partial charge in [-0.05, 0) is 24.3 Å². The molecule has 0 radical (unpaired) electrons. The van der Waals surface area contributed by atoms with E-state index in [1.54, 1.807) is 0 Å². The highest BCUT2D eigenvalue weighted by Crippen LogP contribution is 2.41. The van der Waals surface area contributed by atoms with Crippen LogP contribution in [-0.4, -0.2) is 25.0 Å². The minimum atomic E-state index is 0.160. The predicted molar refractivity (Wildman–Crippen MR) is 66.7 cm³/mol. The van der Waals surface area contributed by atoms with Gasteiger partial charge in [-0.3, -0.25) is 4.79 Å². The first-order valence-electron chi connectivity index (χ1n) is 6.29. The molecule has 2 atom stereocenters. The van der Waals surface area contributed by atoms with E-state index in [-0.39, 0.29) is 5.91 Å². The Bertz CT molecular complexity index is 416. The molecule has 90 valence electrons. The van der Waals surface area contributed by atoms with Gasteiger partial charge in [0.05, 0.1) is 6.42 Å². The lowest BCUT2D eigenvalue weighted by Gasteiger charge is -2.07. The third kappa shape index (κ3) is 2.20. The number of hydrogen-bond donors (Lipinski definition) is 2. The maximum absolute atomic E-state index is 11.8. The van der Waals surface area contributed by atoms with Crippen LogP contribution in [0.1, 0.15) is 11.1 Å². The van der Waals surface area contributed by atoms with Crippen LogP contribution in [0.4, 0.5) is 0 Å². The molecule has 1 heterocycles. The molecule has 17 heavy (non-hydrogen) atoms. The lowest BCUT2D eigenvalue weighted by molar-refractivity contribution is -0.120. The van der Waals surface area contributed by atoms with E-state index < -0.39 is 0 Å². The van der Waals surface area contributed by atoms with E-state index in [2.05, 4.69) is 29.7 Å². The topological polar surface area (TPSA) is 41.1 Å². The molecule has 1 aromatic carbocycles. The van der Waals surface area contributed by atoms with Crippen molar-refractivity contribution in [2.45, 2.75) is 19.4 Å². The van der Waals surface area contributed by atoms with Crippen molar-refractivity contribution in [2.75, 3.05) is 13.1 Å². The summed E-state index contributed by atoms with van der Waals surface area (Å²) in [6.07, 6.45) is 0.504. The van der Waals surface area contributed by atoms with Gasteiger partial charge < -0.3 is 10.6 Å². The molecule has 1 amide bonds. The lowest BCUT2D eigenvalue weighted by atomic mass is 10.1. The van der Waals surface area contributed by atoms with Crippen LogP contribution in [0.15, 0.2) is 24.3 Å². The van der Waals surface area contributed by atoms with Gasteiger partial charge in [0.15, 0.2) is 0 Å². The van der Waals surface area contributed by atoms with E-state index in [0.29, 0.717) is 24.3 Å². The standard InChI is InChI=1S/C14H18N2O/c1-9-2-4-10(5-3-9)6-13(17)16-14-11-7-15-8-12(11)14/h2-5,11-12,14-15H,6-8H2,1H3,(H,16,17). The van der Waals surface area contributed by atoms with Crippen LogP contribution in [0.5, 0.6) is 0 Å². The average molecular weight is 230 g/mol. The van der Waals surface area contributed by atoms with Gasteiger partial charge in [0.2, 0.25) is 5.91 Å². The van der Waals surface area contributed by atoms with E-state index in [0.717, 1.165) is 18.7 Å². The predicted octanol–water partition coefficient (Wildman–Crippen LogP) is 0.872. The molecule has 1 saturated carbocycles. The van der Waals surface area contributed by atoms with Crippen molar-refractivity contribution in [1.82, 2.24) is 10.6 Å². The number of benzene rings is 1. The smallest absolute Gasteiger partial charge is 0.224 e. The Kier molecular flexibility index (Phi) is 2.63. The zero-order valence-electron chi connectivity index (χ0n) is 10.1. The monoisotopic (exact) mass is 230 g/mol. The minimum absolute atomic E-state index is 0.160. The van der Waals surface area contributed by atoms with Gasteiger partial charge in [-0.15, -0.1) is 0 Å². The summed E-state index contributed by atoms with van der Waals surface area (Å²) in [5, 5.41) is 6.47. The Morgan fingerprint density at radius 2 is 1.94 bits per heavy atom. The number of carbonyl (C=O) groups is 1. The molecule has 1 aliphatic heterocycles.